The summed E-state index contributed by atoms with van der Waals surface area (Å²) in [6.45, 7) is 5.64. The van der Waals surface area contributed by atoms with Gasteiger partial charge in [-0.1, -0.05) is 12.1 Å². The van der Waals surface area contributed by atoms with Crippen LogP contribution >= 0.6 is 0 Å². The predicted octanol–water partition coefficient (Wildman–Crippen LogP) is 2.52. The van der Waals surface area contributed by atoms with Gasteiger partial charge in [-0.25, -0.2) is 0 Å². The van der Waals surface area contributed by atoms with Crippen LogP contribution in [0.1, 0.15) is 32.3 Å². The molecular weight excluding hydrogens is 336 g/mol. The summed E-state index contributed by atoms with van der Waals surface area (Å²) in [5.41, 5.74) is -0.365. The first-order valence-electron chi connectivity index (χ1n) is 8.44. The number of carbonyl (C=O) groups is 1. The van der Waals surface area contributed by atoms with Crippen molar-refractivity contribution in [2.75, 3.05) is 20.2 Å². The third-order valence-electron chi connectivity index (χ3n) is 4.57. The van der Waals surface area contributed by atoms with E-state index in [4.69, 9.17) is 4.74 Å². The highest BCUT2D eigenvalue weighted by Crippen LogP contribution is 2.29. The maximum Gasteiger partial charge on any atom is 0.381 e. The minimum absolute atomic E-state index is 0.153. The number of rotatable bonds is 5. The number of nitrogens with zero attached hydrogens (tertiary/aromatic N) is 3. The molecule has 1 unspecified atom stereocenters. The number of aromatic nitrogens is 2. The van der Waals surface area contributed by atoms with Crippen LogP contribution in [0, 0.1) is 10.1 Å². The van der Waals surface area contributed by atoms with Gasteiger partial charge in [0.25, 0.3) is 0 Å². The molecule has 0 aliphatic carbocycles. The number of hydrogen-bond acceptors (Lipinski definition) is 6. The van der Waals surface area contributed by atoms with E-state index in [1.165, 1.54) is 49.9 Å². The molecule has 2 aromatic rings. The third kappa shape index (κ3) is 4.26. The molecule has 140 valence electrons. The molecule has 2 heterocycles. The lowest BCUT2D eigenvalue weighted by Gasteiger charge is -2.28. The number of hydrogen-bond donors (Lipinski definition) is 1. The molecule has 0 spiro atoms. The van der Waals surface area contributed by atoms with Crippen molar-refractivity contribution in [3.8, 4) is 5.75 Å². The minimum atomic E-state index is -1.06. The molecule has 26 heavy (non-hydrogen) atoms. The fourth-order valence-electron chi connectivity index (χ4n) is 2.73. The molecule has 8 nitrogen and oxygen atoms in total. The lowest BCUT2D eigenvalue weighted by molar-refractivity contribution is -0.389. The van der Waals surface area contributed by atoms with E-state index >= 15 is 0 Å². The van der Waals surface area contributed by atoms with E-state index in [1.54, 1.807) is 38.3 Å². The fraction of sp³-hybridized carbons (Fsp3) is 0.444. The Kier molecular flexibility index (Phi) is 6.46. The number of Topliss-reactive ketones (excluding diaryl/α,β-unsaturated/α-hetero) is 1. The average Bonchev–Trinajstić information content (AvgIpc) is 3.35. The topological polar surface area (TPSA) is 99.3 Å². The smallest absolute Gasteiger partial charge is 0.381 e. The van der Waals surface area contributed by atoms with Crippen molar-refractivity contribution in [3.05, 3.63) is 52.5 Å². The van der Waals surface area contributed by atoms with E-state index < -0.39 is 10.5 Å². The Hall–Kier alpha value is -2.74. The van der Waals surface area contributed by atoms with Crippen LogP contribution in [-0.2, 0) is 10.3 Å². The zero-order valence-electron chi connectivity index (χ0n) is 15.3. The molecule has 3 rings (SSSR count). The second-order valence-electron chi connectivity index (χ2n) is 6.21. The SMILES string of the molecule is C1CCNC1.COc1ccc(C(C)(C(C)=O)n2cnc([N+](=O)[O-])c2)cc1. The van der Waals surface area contributed by atoms with E-state index in [9.17, 15) is 14.9 Å². The Labute approximate surface area is 152 Å². The molecule has 1 fully saturated rings. The number of ether oxygens (including phenoxy) is 1. The van der Waals surface area contributed by atoms with E-state index in [0.29, 0.717) is 11.3 Å². The molecule has 0 saturated carbocycles. The monoisotopic (exact) mass is 360 g/mol. The molecule has 0 amide bonds. The number of nitrogens with one attached hydrogen (secondary N) is 1. The summed E-state index contributed by atoms with van der Waals surface area (Å²) >= 11 is 0. The van der Waals surface area contributed by atoms with Gasteiger partial charge in [-0.05, 0) is 67.4 Å². The highest BCUT2D eigenvalue weighted by Gasteiger charge is 2.36. The zero-order valence-corrected chi connectivity index (χ0v) is 15.3. The summed E-state index contributed by atoms with van der Waals surface area (Å²) < 4.78 is 6.54. The zero-order chi connectivity index (χ0) is 19.2. The Morgan fingerprint density at radius 1 is 1.31 bits per heavy atom. The van der Waals surface area contributed by atoms with E-state index in [0.717, 1.165) is 0 Å². The van der Waals surface area contributed by atoms with Crippen LogP contribution in [0.2, 0.25) is 0 Å². The van der Waals surface area contributed by atoms with Gasteiger partial charge >= 0.3 is 5.82 Å². The van der Waals surface area contributed by atoms with Gasteiger partial charge in [0.15, 0.2) is 5.78 Å². The number of imidazole rings is 1. The Morgan fingerprint density at radius 2 is 1.92 bits per heavy atom. The van der Waals surface area contributed by atoms with Gasteiger partial charge in [0.05, 0.1) is 7.11 Å². The van der Waals surface area contributed by atoms with Crippen molar-refractivity contribution in [3.63, 3.8) is 0 Å². The molecule has 1 aliphatic heterocycles. The number of benzene rings is 1. The first-order chi connectivity index (χ1) is 12.4. The highest BCUT2D eigenvalue weighted by atomic mass is 16.6. The van der Waals surface area contributed by atoms with Crippen molar-refractivity contribution >= 4 is 11.6 Å². The fourth-order valence-corrected chi connectivity index (χ4v) is 2.73. The summed E-state index contributed by atoms with van der Waals surface area (Å²) in [6.07, 6.45) is 5.33. The largest absolute Gasteiger partial charge is 0.497 e. The molecule has 0 bridgehead atoms. The minimum Gasteiger partial charge on any atom is -0.497 e. The van der Waals surface area contributed by atoms with E-state index in [2.05, 4.69) is 10.3 Å². The van der Waals surface area contributed by atoms with Crippen molar-refractivity contribution in [2.45, 2.75) is 32.2 Å². The lowest BCUT2D eigenvalue weighted by atomic mass is 9.88. The summed E-state index contributed by atoms with van der Waals surface area (Å²) in [5, 5.41) is 14.0. The molecule has 1 aliphatic rings. The second-order valence-corrected chi connectivity index (χ2v) is 6.21. The number of ketones is 1. The Balaban J connectivity index is 0.000000417. The molecular formula is C18H24N4O4. The summed E-state index contributed by atoms with van der Waals surface area (Å²) in [6, 6.07) is 6.99. The van der Waals surface area contributed by atoms with Crippen molar-refractivity contribution in [1.29, 1.82) is 0 Å². The van der Waals surface area contributed by atoms with Crippen molar-refractivity contribution in [1.82, 2.24) is 14.9 Å². The lowest BCUT2D eigenvalue weighted by Crippen LogP contribution is -2.37. The van der Waals surface area contributed by atoms with Gasteiger partial charge in [-0.15, -0.1) is 0 Å². The maximum absolute atomic E-state index is 12.2. The van der Waals surface area contributed by atoms with Crippen molar-refractivity contribution < 1.29 is 14.5 Å². The first-order valence-corrected chi connectivity index (χ1v) is 8.44. The molecule has 1 aromatic heterocycles. The second kappa shape index (κ2) is 8.57. The Bertz CT molecular complexity index is 745. The van der Waals surface area contributed by atoms with Gasteiger partial charge < -0.3 is 20.2 Å². The van der Waals surface area contributed by atoms with Gasteiger partial charge in [0.1, 0.15) is 17.5 Å². The summed E-state index contributed by atoms with van der Waals surface area (Å²) in [5.74, 6) is 0.220. The maximum atomic E-state index is 12.2. The summed E-state index contributed by atoms with van der Waals surface area (Å²) in [7, 11) is 1.55. The first kappa shape index (κ1) is 19.6. The number of nitro groups is 1. The van der Waals surface area contributed by atoms with Crippen LogP contribution in [-0.4, -0.2) is 40.5 Å². The van der Waals surface area contributed by atoms with Crippen LogP contribution in [0.25, 0.3) is 0 Å². The van der Waals surface area contributed by atoms with Crippen LogP contribution < -0.4 is 10.1 Å². The van der Waals surface area contributed by atoms with Crippen LogP contribution in [0.5, 0.6) is 5.75 Å². The molecule has 8 heteroatoms. The molecule has 1 aromatic carbocycles. The van der Waals surface area contributed by atoms with Crippen LogP contribution in [0.3, 0.4) is 0 Å². The standard InChI is InChI=1S/C14H15N3O4.C4H9N/c1-10(18)14(2,11-4-6-12(21-3)7-5-11)16-8-13(15-9-16)17(19)20;1-2-4-5-3-1/h4-9H,1-3H3;5H,1-4H2. The van der Waals surface area contributed by atoms with Crippen LogP contribution in [0.4, 0.5) is 5.82 Å². The predicted molar refractivity (Wildman–Crippen MR) is 97.4 cm³/mol. The highest BCUT2D eigenvalue weighted by molar-refractivity contribution is 5.87. The number of carbonyl (C=O) groups excluding carboxylic acids is 1. The van der Waals surface area contributed by atoms with Crippen molar-refractivity contribution in [2.24, 2.45) is 0 Å². The Morgan fingerprint density at radius 3 is 2.31 bits per heavy atom. The van der Waals surface area contributed by atoms with Crippen LogP contribution in [0.15, 0.2) is 36.8 Å². The normalized spacial score (nSPS) is 15.5. The quantitative estimate of drug-likeness (QED) is 0.650. The number of methoxy groups -OCH3 is 1. The molecule has 1 atom stereocenters. The van der Waals surface area contributed by atoms with E-state index in [-0.39, 0.29) is 11.6 Å². The molecule has 1 saturated heterocycles. The van der Waals surface area contributed by atoms with Gasteiger partial charge in [0, 0.05) is 0 Å². The molecule has 0 radical (unpaired) electrons. The summed E-state index contributed by atoms with van der Waals surface area (Å²) in [4.78, 5) is 26.0. The molecule has 1 N–H and O–H groups in total. The third-order valence-corrected chi connectivity index (χ3v) is 4.57. The van der Waals surface area contributed by atoms with Gasteiger partial charge in [-0.3, -0.25) is 9.36 Å². The average molecular weight is 360 g/mol. The van der Waals surface area contributed by atoms with Gasteiger partial charge in [-0.2, -0.15) is 0 Å². The van der Waals surface area contributed by atoms with Gasteiger partial charge in [0.2, 0.25) is 6.33 Å². The van der Waals surface area contributed by atoms with E-state index in [1.807, 2.05) is 0 Å².